The Balaban J connectivity index is 2.22. The molecule has 0 amide bonds. The van der Waals surface area contributed by atoms with Gasteiger partial charge in [0.25, 0.3) is 5.56 Å². The summed E-state index contributed by atoms with van der Waals surface area (Å²) in [6.07, 6.45) is 0.771. The van der Waals surface area contributed by atoms with Crippen molar-refractivity contribution in [3.63, 3.8) is 0 Å². The zero-order chi connectivity index (χ0) is 12.7. The van der Waals surface area contributed by atoms with Crippen LogP contribution < -0.4 is 16.6 Å². The minimum absolute atomic E-state index is 0.119. The maximum Gasteiger partial charge on any atom is 0.342 e. The van der Waals surface area contributed by atoms with Crippen LogP contribution in [0.5, 0.6) is 0 Å². The normalized spacial score (nSPS) is 10.8. The fourth-order valence-corrected chi connectivity index (χ4v) is 1.17. The second-order valence-corrected chi connectivity index (χ2v) is 4.10. The van der Waals surface area contributed by atoms with Crippen molar-refractivity contribution in [3.8, 4) is 0 Å². The average Bonchev–Trinajstić information content (AvgIpc) is 2.25. The van der Waals surface area contributed by atoms with Crippen LogP contribution in [0.25, 0.3) is 0 Å². The molecule has 1 rings (SSSR count). The van der Waals surface area contributed by atoms with Crippen molar-refractivity contribution < 1.29 is 4.74 Å². The Labute approximate surface area is 98.6 Å². The molecule has 7 heteroatoms. The molecule has 0 aliphatic carbocycles. The second kappa shape index (κ2) is 6.85. The van der Waals surface area contributed by atoms with E-state index in [1.54, 1.807) is 0 Å². The van der Waals surface area contributed by atoms with Crippen LogP contribution in [-0.4, -0.2) is 34.9 Å². The van der Waals surface area contributed by atoms with E-state index in [2.05, 4.69) is 34.3 Å². The number of aromatic amines is 2. The molecular weight excluding hydrogens is 224 g/mol. The summed E-state index contributed by atoms with van der Waals surface area (Å²) in [6.45, 7) is 6.11. The number of hydrogen-bond acceptors (Lipinski definition) is 5. The monoisotopic (exact) mass is 242 g/mol. The number of nitrogens with zero attached hydrogens (tertiary/aromatic N) is 1. The number of H-pyrrole nitrogens is 2. The lowest BCUT2D eigenvalue weighted by molar-refractivity contribution is 0.110. The van der Waals surface area contributed by atoms with Gasteiger partial charge in [-0.3, -0.25) is 9.78 Å². The van der Waals surface area contributed by atoms with Crippen LogP contribution in [0.2, 0.25) is 0 Å². The SMILES string of the molecule is CC(C)COCCCNc1n[nH]c(=O)[nH]c1=O. The van der Waals surface area contributed by atoms with Gasteiger partial charge in [-0.25, -0.2) is 9.89 Å². The first-order valence-electron chi connectivity index (χ1n) is 5.60. The number of anilines is 1. The van der Waals surface area contributed by atoms with Gasteiger partial charge in [-0.15, -0.1) is 5.10 Å². The van der Waals surface area contributed by atoms with Crippen molar-refractivity contribution in [3.05, 3.63) is 20.8 Å². The third-order valence-electron chi connectivity index (χ3n) is 1.92. The van der Waals surface area contributed by atoms with Gasteiger partial charge in [-0.2, -0.15) is 0 Å². The molecule has 1 aromatic heterocycles. The van der Waals surface area contributed by atoms with Gasteiger partial charge in [-0.1, -0.05) is 13.8 Å². The zero-order valence-electron chi connectivity index (χ0n) is 10.1. The first-order chi connectivity index (χ1) is 8.09. The van der Waals surface area contributed by atoms with Crippen molar-refractivity contribution in [1.29, 1.82) is 0 Å². The van der Waals surface area contributed by atoms with Crippen LogP contribution in [0.4, 0.5) is 5.82 Å². The third kappa shape index (κ3) is 5.30. The minimum atomic E-state index is -0.610. The highest BCUT2D eigenvalue weighted by Gasteiger charge is 2.00. The molecule has 0 saturated heterocycles. The van der Waals surface area contributed by atoms with Crippen molar-refractivity contribution >= 4 is 5.82 Å². The largest absolute Gasteiger partial charge is 0.381 e. The number of ether oxygens (including phenoxy) is 1. The Morgan fingerprint density at radius 3 is 2.82 bits per heavy atom. The molecule has 17 heavy (non-hydrogen) atoms. The predicted octanol–water partition coefficient (Wildman–Crippen LogP) is -0.0672. The highest BCUT2D eigenvalue weighted by Crippen LogP contribution is 1.94. The van der Waals surface area contributed by atoms with Crippen LogP contribution in [0.1, 0.15) is 20.3 Å². The van der Waals surface area contributed by atoms with Crippen LogP contribution in [0, 0.1) is 5.92 Å². The lowest BCUT2D eigenvalue weighted by Crippen LogP contribution is -2.27. The molecule has 0 spiro atoms. The topological polar surface area (TPSA) is 99.9 Å². The number of hydrogen-bond donors (Lipinski definition) is 3. The van der Waals surface area contributed by atoms with Gasteiger partial charge in [0, 0.05) is 19.8 Å². The molecular formula is C10H18N4O3. The van der Waals surface area contributed by atoms with Crippen LogP contribution >= 0.6 is 0 Å². The molecule has 0 aromatic carbocycles. The average molecular weight is 242 g/mol. The van der Waals surface area contributed by atoms with Gasteiger partial charge in [0.05, 0.1) is 0 Å². The fourth-order valence-electron chi connectivity index (χ4n) is 1.17. The quantitative estimate of drug-likeness (QED) is 0.581. The number of aromatic nitrogens is 3. The van der Waals surface area contributed by atoms with E-state index in [0.717, 1.165) is 13.0 Å². The maximum absolute atomic E-state index is 11.2. The summed E-state index contributed by atoms with van der Waals surface area (Å²) >= 11 is 0. The Hall–Kier alpha value is -1.63. The summed E-state index contributed by atoms with van der Waals surface area (Å²) in [5, 5.41) is 8.57. The first kappa shape index (κ1) is 13.4. The Kier molecular flexibility index (Phi) is 5.41. The minimum Gasteiger partial charge on any atom is -0.381 e. The van der Waals surface area contributed by atoms with Gasteiger partial charge in [0.1, 0.15) is 0 Å². The molecule has 0 radical (unpaired) electrons. The Morgan fingerprint density at radius 2 is 2.18 bits per heavy atom. The van der Waals surface area contributed by atoms with E-state index in [9.17, 15) is 9.59 Å². The van der Waals surface area contributed by atoms with E-state index in [1.807, 2.05) is 0 Å². The lowest BCUT2D eigenvalue weighted by Gasteiger charge is -2.07. The van der Waals surface area contributed by atoms with Crippen molar-refractivity contribution in [2.24, 2.45) is 5.92 Å². The van der Waals surface area contributed by atoms with Crippen molar-refractivity contribution in [2.75, 3.05) is 25.1 Å². The van der Waals surface area contributed by atoms with Crippen LogP contribution in [0.15, 0.2) is 9.59 Å². The van der Waals surface area contributed by atoms with E-state index in [1.165, 1.54) is 0 Å². The molecule has 0 saturated carbocycles. The second-order valence-electron chi connectivity index (χ2n) is 4.10. The number of rotatable bonds is 7. The molecule has 0 bridgehead atoms. The summed E-state index contributed by atoms with van der Waals surface area (Å²) in [4.78, 5) is 24.0. The van der Waals surface area contributed by atoms with Crippen LogP contribution in [0.3, 0.4) is 0 Å². The summed E-state index contributed by atoms with van der Waals surface area (Å²) in [7, 11) is 0. The summed E-state index contributed by atoms with van der Waals surface area (Å²) in [5.41, 5.74) is -1.13. The number of nitrogens with one attached hydrogen (secondary N) is 3. The van der Waals surface area contributed by atoms with Gasteiger partial charge in [-0.05, 0) is 12.3 Å². The van der Waals surface area contributed by atoms with Gasteiger partial charge in [0.2, 0.25) is 5.82 Å². The maximum atomic E-state index is 11.2. The van der Waals surface area contributed by atoms with E-state index < -0.39 is 11.2 Å². The molecule has 0 fully saturated rings. The standard InChI is InChI=1S/C10H18N4O3/c1-7(2)6-17-5-3-4-11-8-9(15)12-10(16)14-13-8/h7H,3-6H2,1-2H3,(H,11,13)(H2,12,14,15,16). The van der Waals surface area contributed by atoms with E-state index >= 15 is 0 Å². The molecule has 0 aliphatic heterocycles. The predicted molar refractivity (Wildman–Crippen MR) is 64.2 cm³/mol. The van der Waals surface area contributed by atoms with Crippen molar-refractivity contribution in [1.82, 2.24) is 15.2 Å². The third-order valence-corrected chi connectivity index (χ3v) is 1.92. The molecule has 0 atom stereocenters. The summed E-state index contributed by atoms with van der Waals surface area (Å²) in [5.74, 6) is 0.639. The highest BCUT2D eigenvalue weighted by molar-refractivity contribution is 5.28. The zero-order valence-corrected chi connectivity index (χ0v) is 10.1. The van der Waals surface area contributed by atoms with Gasteiger partial charge < -0.3 is 10.1 Å². The highest BCUT2D eigenvalue weighted by atomic mass is 16.5. The lowest BCUT2D eigenvalue weighted by atomic mass is 10.2. The van der Waals surface area contributed by atoms with Gasteiger partial charge in [0.15, 0.2) is 0 Å². The molecule has 7 nitrogen and oxygen atoms in total. The molecule has 0 aliphatic rings. The molecule has 96 valence electrons. The Morgan fingerprint density at radius 1 is 1.41 bits per heavy atom. The smallest absolute Gasteiger partial charge is 0.342 e. The summed E-state index contributed by atoms with van der Waals surface area (Å²) in [6, 6.07) is 0. The Bertz CT molecular complexity index is 438. The van der Waals surface area contributed by atoms with E-state index in [4.69, 9.17) is 4.74 Å². The molecule has 3 N–H and O–H groups in total. The molecule has 1 heterocycles. The van der Waals surface area contributed by atoms with E-state index in [-0.39, 0.29) is 5.82 Å². The van der Waals surface area contributed by atoms with E-state index in [0.29, 0.717) is 19.1 Å². The molecule has 1 aromatic rings. The summed E-state index contributed by atoms with van der Waals surface area (Å²) < 4.78 is 5.38. The van der Waals surface area contributed by atoms with Crippen molar-refractivity contribution in [2.45, 2.75) is 20.3 Å². The first-order valence-corrected chi connectivity index (χ1v) is 5.60. The van der Waals surface area contributed by atoms with Gasteiger partial charge >= 0.3 is 5.69 Å². The molecule has 0 unspecified atom stereocenters. The fraction of sp³-hybridized carbons (Fsp3) is 0.700. The van der Waals surface area contributed by atoms with Crippen LogP contribution in [-0.2, 0) is 4.74 Å².